The maximum Gasteiger partial charge on any atom is 0.252 e. The fourth-order valence-electron chi connectivity index (χ4n) is 2.99. The average Bonchev–Trinajstić information content (AvgIpc) is 2.63. The highest BCUT2D eigenvalue weighted by Crippen LogP contribution is 2.25. The molecule has 3 aromatic carbocycles. The standard InChI is InChI=1S/C23H23NO/c1-16-13-14-20(15-18(16)3)23(25)24-22(19-10-5-4-6-11-19)21-12-8-7-9-17(21)2/h4-15,22H,1-3H3,(H,24,25). The van der Waals surface area contributed by atoms with Crippen LogP contribution in [-0.4, -0.2) is 5.91 Å². The van der Waals surface area contributed by atoms with Crippen molar-refractivity contribution in [3.63, 3.8) is 0 Å². The lowest BCUT2D eigenvalue weighted by Crippen LogP contribution is -2.29. The smallest absolute Gasteiger partial charge is 0.252 e. The molecule has 2 nitrogen and oxygen atoms in total. The Morgan fingerprint density at radius 1 is 0.760 bits per heavy atom. The highest BCUT2D eigenvalue weighted by atomic mass is 16.1. The van der Waals surface area contributed by atoms with Crippen LogP contribution in [0.25, 0.3) is 0 Å². The van der Waals surface area contributed by atoms with Gasteiger partial charge in [0.25, 0.3) is 5.91 Å². The van der Waals surface area contributed by atoms with E-state index < -0.39 is 0 Å². The van der Waals surface area contributed by atoms with Gasteiger partial charge in [0.2, 0.25) is 0 Å². The van der Waals surface area contributed by atoms with Crippen LogP contribution in [0.4, 0.5) is 0 Å². The molecule has 1 amide bonds. The van der Waals surface area contributed by atoms with E-state index in [4.69, 9.17) is 0 Å². The molecule has 2 heteroatoms. The molecule has 0 spiro atoms. The number of nitrogens with one attached hydrogen (secondary N) is 1. The first-order chi connectivity index (χ1) is 12.1. The van der Waals surface area contributed by atoms with E-state index in [9.17, 15) is 4.79 Å². The monoisotopic (exact) mass is 329 g/mol. The van der Waals surface area contributed by atoms with Gasteiger partial charge in [-0.25, -0.2) is 0 Å². The minimum atomic E-state index is -0.170. The Bertz CT molecular complexity index is 884. The highest BCUT2D eigenvalue weighted by molar-refractivity contribution is 5.95. The number of rotatable bonds is 4. The third-order valence-corrected chi connectivity index (χ3v) is 4.68. The summed E-state index contributed by atoms with van der Waals surface area (Å²) in [6.45, 7) is 6.16. The zero-order chi connectivity index (χ0) is 17.8. The molecule has 1 atom stereocenters. The average molecular weight is 329 g/mol. The fourth-order valence-corrected chi connectivity index (χ4v) is 2.99. The van der Waals surface area contributed by atoms with Gasteiger partial charge in [-0.15, -0.1) is 0 Å². The van der Waals surface area contributed by atoms with Crippen molar-refractivity contribution in [2.24, 2.45) is 0 Å². The zero-order valence-electron chi connectivity index (χ0n) is 14.9. The molecule has 0 fully saturated rings. The summed E-state index contributed by atoms with van der Waals surface area (Å²) in [7, 11) is 0. The van der Waals surface area contributed by atoms with Crippen molar-refractivity contribution in [1.29, 1.82) is 0 Å². The van der Waals surface area contributed by atoms with E-state index in [1.807, 2.05) is 55.5 Å². The van der Waals surface area contributed by atoms with E-state index in [1.54, 1.807) is 0 Å². The summed E-state index contributed by atoms with van der Waals surface area (Å²) in [4.78, 5) is 12.9. The molecule has 0 aliphatic rings. The Labute approximate surface area is 149 Å². The van der Waals surface area contributed by atoms with E-state index >= 15 is 0 Å². The minimum Gasteiger partial charge on any atom is -0.341 e. The zero-order valence-corrected chi connectivity index (χ0v) is 14.9. The Morgan fingerprint density at radius 3 is 2.12 bits per heavy atom. The van der Waals surface area contributed by atoms with Crippen molar-refractivity contribution in [1.82, 2.24) is 5.32 Å². The number of carbonyl (C=O) groups is 1. The molecule has 126 valence electrons. The molecule has 3 aromatic rings. The first-order valence-corrected chi connectivity index (χ1v) is 8.55. The fraction of sp³-hybridized carbons (Fsp3) is 0.174. The number of carbonyl (C=O) groups excluding carboxylic acids is 1. The van der Waals surface area contributed by atoms with Gasteiger partial charge in [-0.05, 0) is 60.7 Å². The lowest BCUT2D eigenvalue weighted by atomic mass is 9.94. The van der Waals surface area contributed by atoms with E-state index in [-0.39, 0.29) is 11.9 Å². The van der Waals surface area contributed by atoms with Gasteiger partial charge in [-0.2, -0.15) is 0 Å². The molecule has 1 unspecified atom stereocenters. The molecular formula is C23H23NO. The Balaban J connectivity index is 1.97. The quantitative estimate of drug-likeness (QED) is 0.706. The lowest BCUT2D eigenvalue weighted by molar-refractivity contribution is 0.0943. The second-order valence-corrected chi connectivity index (χ2v) is 6.47. The van der Waals surface area contributed by atoms with Gasteiger partial charge in [0, 0.05) is 5.56 Å². The SMILES string of the molecule is Cc1ccc(C(=O)NC(c2ccccc2)c2ccccc2C)cc1C. The van der Waals surface area contributed by atoms with Crippen LogP contribution in [0.15, 0.2) is 72.8 Å². The van der Waals surface area contributed by atoms with Crippen molar-refractivity contribution < 1.29 is 4.79 Å². The van der Waals surface area contributed by atoms with Gasteiger partial charge < -0.3 is 5.32 Å². The molecule has 0 saturated carbocycles. The van der Waals surface area contributed by atoms with Gasteiger partial charge in [-0.1, -0.05) is 60.7 Å². The topological polar surface area (TPSA) is 29.1 Å². The summed E-state index contributed by atoms with van der Waals surface area (Å²) >= 11 is 0. The van der Waals surface area contributed by atoms with Crippen molar-refractivity contribution in [3.8, 4) is 0 Å². The van der Waals surface area contributed by atoms with Gasteiger partial charge in [0.1, 0.15) is 0 Å². The molecule has 0 aliphatic heterocycles. The van der Waals surface area contributed by atoms with Crippen LogP contribution in [0.2, 0.25) is 0 Å². The lowest BCUT2D eigenvalue weighted by Gasteiger charge is -2.22. The van der Waals surface area contributed by atoms with E-state index in [0.717, 1.165) is 22.3 Å². The highest BCUT2D eigenvalue weighted by Gasteiger charge is 2.19. The molecule has 0 bridgehead atoms. The van der Waals surface area contributed by atoms with Crippen molar-refractivity contribution >= 4 is 5.91 Å². The molecule has 3 rings (SSSR count). The van der Waals surface area contributed by atoms with Gasteiger partial charge in [-0.3, -0.25) is 4.79 Å². The van der Waals surface area contributed by atoms with E-state index in [2.05, 4.69) is 43.4 Å². The van der Waals surface area contributed by atoms with Crippen LogP contribution in [0.3, 0.4) is 0 Å². The summed E-state index contributed by atoms with van der Waals surface area (Å²) < 4.78 is 0. The second-order valence-electron chi connectivity index (χ2n) is 6.47. The number of benzene rings is 3. The number of hydrogen-bond acceptors (Lipinski definition) is 1. The van der Waals surface area contributed by atoms with Crippen LogP contribution in [0.1, 0.15) is 44.2 Å². The first kappa shape index (κ1) is 17.0. The minimum absolute atomic E-state index is 0.0554. The third-order valence-electron chi connectivity index (χ3n) is 4.68. The summed E-state index contributed by atoms with van der Waals surface area (Å²) in [5.41, 5.74) is 6.36. The number of aryl methyl sites for hydroxylation is 3. The summed E-state index contributed by atoms with van der Waals surface area (Å²) in [6, 6.07) is 24.0. The van der Waals surface area contributed by atoms with Crippen molar-refractivity contribution in [2.75, 3.05) is 0 Å². The molecular weight excluding hydrogens is 306 g/mol. The Morgan fingerprint density at radius 2 is 1.44 bits per heavy atom. The van der Waals surface area contributed by atoms with Gasteiger partial charge >= 0.3 is 0 Å². The molecule has 0 saturated heterocycles. The van der Waals surface area contributed by atoms with Crippen LogP contribution in [-0.2, 0) is 0 Å². The van der Waals surface area contributed by atoms with E-state index in [0.29, 0.717) is 5.56 Å². The predicted molar refractivity (Wildman–Crippen MR) is 103 cm³/mol. The van der Waals surface area contributed by atoms with Crippen molar-refractivity contribution in [3.05, 3.63) is 106 Å². The number of hydrogen-bond donors (Lipinski definition) is 1. The second kappa shape index (κ2) is 7.35. The van der Waals surface area contributed by atoms with Crippen LogP contribution >= 0.6 is 0 Å². The summed E-state index contributed by atoms with van der Waals surface area (Å²) in [5.74, 6) is -0.0554. The largest absolute Gasteiger partial charge is 0.341 e. The van der Waals surface area contributed by atoms with Gasteiger partial charge in [0.05, 0.1) is 6.04 Å². The molecule has 0 aromatic heterocycles. The maximum atomic E-state index is 12.9. The molecule has 1 N–H and O–H groups in total. The Kier molecular flexibility index (Phi) is 4.99. The van der Waals surface area contributed by atoms with Crippen LogP contribution < -0.4 is 5.32 Å². The normalized spacial score (nSPS) is 11.8. The maximum absolute atomic E-state index is 12.9. The van der Waals surface area contributed by atoms with Crippen LogP contribution in [0.5, 0.6) is 0 Å². The summed E-state index contributed by atoms with van der Waals surface area (Å²) in [5, 5.41) is 3.21. The van der Waals surface area contributed by atoms with E-state index in [1.165, 1.54) is 5.56 Å². The molecule has 25 heavy (non-hydrogen) atoms. The number of amides is 1. The predicted octanol–water partition coefficient (Wildman–Crippen LogP) is 5.13. The van der Waals surface area contributed by atoms with Crippen molar-refractivity contribution in [2.45, 2.75) is 26.8 Å². The van der Waals surface area contributed by atoms with Crippen LogP contribution in [0, 0.1) is 20.8 Å². The molecule has 0 aliphatic carbocycles. The molecule has 0 radical (unpaired) electrons. The molecule has 0 heterocycles. The summed E-state index contributed by atoms with van der Waals surface area (Å²) in [6.07, 6.45) is 0. The first-order valence-electron chi connectivity index (χ1n) is 8.55. The Hall–Kier alpha value is -2.87. The van der Waals surface area contributed by atoms with Gasteiger partial charge in [0.15, 0.2) is 0 Å². The third kappa shape index (κ3) is 3.80.